The Balaban J connectivity index is 1.46. The summed E-state index contributed by atoms with van der Waals surface area (Å²) in [5.74, 6) is 0.692. The number of nitrogens with one attached hydrogen (secondary N) is 1. The summed E-state index contributed by atoms with van der Waals surface area (Å²) in [7, 11) is 0. The van der Waals surface area contributed by atoms with E-state index in [0.29, 0.717) is 26.7 Å². The van der Waals surface area contributed by atoms with Crippen molar-refractivity contribution in [1.82, 2.24) is 20.2 Å². The zero-order chi connectivity index (χ0) is 23.2. The van der Waals surface area contributed by atoms with Crippen LogP contribution in [-0.2, 0) is 4.79 Å². The first kappa shape index (κ1) is 24.1. The van der Waals surface area contributed by atoms with Gasteiger partial charge < -0.3 is 0 Å². The first-order chi connectivity index (χ1) is 16.0. The minimum Gasteiger partial charge on any atom is -0.299 e. The molecule has 1 heterocycles. The zero-order valence-corrected chi connectivity index (χ0v) is 20.8. The fourth-order valence-corrected chi connectivity index (χ4v) is 5.22. The molecule has 172 valence electrons. The molecule has 33 heavy (non-hydrogen) atoms. The number of amides is 1. The van der Waals surface area contributed by atoms with Gasteiger partial charge in [0.2, 0.25) is 0 Å². The predicted molar refractivity (Wildman–Crippen MR) is 136 cm³/mol. The molecule has 10 heteroatoms. The Hall–Kier alpha value is -2.06. The maximum absolute atomic E-state index is 12.4. The van der Waals surface area contributed by atoms with Gasteiger partial charge in [-0.3, -0.25) is 9.36 Å². The van der Waals surface area contributed by atoms with E-state index in [2.05, 4.69) is 25.3 Å². The Labute approximate surface area is 211 Å². The first-order valence-corrected chi connectivity index (χ1v) is 12.7. The summed E-state index contributed by atoms with van der Waals surface area (Å²) in [6.45, 7) is 0. The van der Waals surface area contributed by atoms with Crippen LogP contribution < -0.4 is 5.43 Å². The highest BCUT2D eigenvalue weighted by molar-refractivity contribution is 7.99. The Morgan fingerprint density at radius 1 is 1.06 bits per heavy atom. The molecular formula is C23H22Cl3N5OS. The summed E-state index contributed by atoms with van der Waals surface area (Å²) in [5.41, 5.74) is 4.03. The number of carbonyl (C=O) groups is 1. The number of carbonyl (C=O) groups excluding carboxylic acids is 1. The van der Waals surface area contributed by atoms with Crippen LogP contribution in [0.4, 0.5) is 0 Å². The van der Waals surface area contributed by atoms with Gasteiger partial charge in [0.1, 0.15) is 0 Å². The molecule has 1 N–H and O–H groups in total. The number of rotatable bonds is 7. The molecule has 3 aromatic rings. The molecule has 0 saturated heterocycles. The molecule has 0 radical (unpaired) electrons. The van der Waals surface area contributed by atoms with E-state index in [4.69, 9.17) is 34.8 Å². The molecule has 2 aromatic carbocycles. The van der Waals surface area contributed by atoms with Crippen LogP contribution in [0.3, 0.4) is 0 Å². The molecule has 0 spiro atoms. The van der Waals surface area contributed by atoms with Crippen LogP contribution in [0, 0.1) is 0 Å². The van der Waals surface area contributed by atoms with Gasteiger partial charge in [-0.15, -0.1) is 10.2 Å². The molecule has 0 bridgehead atoms. The van der Waals surface area contributed by atoms with E-state index >= 15 is 0 Å². The highest BCUT2D eigenvalue weighted by Gasteiger charge is 2.24. The summed E-state index contributed by atoms with van der Waals surface area (Å²) in [5, 5.41) is 15.2. The Kier molecular flexibility index (Phi) is 8.30. The van der Waals surface area contributed by atoms with Crippen molar-refractivity contribution in [3.8, 4) is 11.4 Å². The Morgan fingerprint density at radius 2 is 1.76 bits per heavy atom. The fraction of sp³-hybridized carbons (Fsp3) is 0.304. The molecule has 1 aliphatic carbocycles. The number of halogens is 3. The monoisotopic (exact) mass is 521 g/mol. The van der Waals surface area contributed by atoms with E-state index in [1.165, 1.54) is 37.2 Å². The topological polar surface area (TPSA) is 72.2 Å². The van der Waals surface area contributed by atoms with E-state index in [0.717, 1.165) is 29.4 Å². The van der Waals surface area contributed by atoms with Crippen molar-refractivity contribution in [2.45, 2.75) is 43.3 Å². The van der Waals surface area contributed by atoms with Gasteiger partial charge in [-0.1, -0.05) is 71.9 Å². The lowest BCUT2D eigenvalue weighted by molar-refractivity contribution is -0.118. The predicted octanol–water partition coefficient (Wildman–Crippen LogP) is 6.65. The second-order valence-corrected chi connectivity index (χ2v) is 9.89. The molecule has 0 atom stereocenters. The smallest absolute Gasteiger partial charge is 0.250 e. The molecule has 1 fully saturated rings. The van der Waals surface area contributed by atoms with Crippen LogP contribution in [0.2, 0.25) is 15.1 Å². The third-order valence-corrected chi connectivity index (χ3v) is 7.28. The quantitative estimate of drug-likeness (QED) is 0.214. The van der Waals surface area contributed by atoms with E-state index in [1.807, 2.05) is 24.3 Å². The summed E-state index contributed by atoms with van der Waals surface area (Å²) in [6.07, 6.45) is 7.17. The van der Waals surface area contributed by atoms with Gasteiger partial charge in [-0.2, -0.15) is 5.10 Å². The summed E-state index contributed by atoms with van der Waals surface area (Å²) < 4.78 is 2.17. The molecule has 1 aliphatic rings. The number of benzene rings is 2. The standard InChI is InChI=1S/C23H22Cl3N5OS/c24-16-11-9-15(10-12-16)22-29-30-23(31(22)17-5-2-1-3-6-17)33-14-21(32)28-27-13-18-19(25)7-4-8-20(18)26/h4,7-13,17H,1-3,5-6,14H2,(H,28,32)/b27-13-. The van der Waals surface area contributed by atoms with Gasteiger partial charge in [0, 0.05) is 22.2 Å². The van der Waals surface area contributed by atoms with Crippen molar-refractivity contribution in [2.75, 3.05) is 5.75 Å². The van der Waals surface area contributed by atoms with Gasteiger partial charge in [-0.05, 0) is 49.2 Å². The molecule has 0 unspecified atom stereocenters. The van der Waals surface area contributed by atoms with Crippen LogP contribution in [0.1, 0.15) is 43.7 Å². The van der Waals surface area contributed by atoms with Crippen molar-refractivity contribution in [2.24, 2.45) is 5.10 Å². The summed E-state index contributed by atoms with van der Waals surface area (Å²) in [6, 6.07) is 13.1. The number of nitrogens with zero attached hydrogens (tertiary/aromatic N) is 4. The first-order valence-electron chi connectivity index (χ1n) is 10.6. The lowest BCUT2D eigenvalue weighted by atomic mass is 9.95. The molecule has 6 nitrogen and oxygen atoms in total. The molecule has 1 saturated carbocycles. The van der Waals surface area contributed by atoms with Crippen molar-refractivity contribution >= 4 is 58.7 Å². The second-order valence-electron chi connectivity index (χ2n) is 7.69. The Morgan fingerprint density at radius 3 is 2.45 bits per heavy atom. The number of aromatic nitrogens is 3. The average Bonchev–Trinajstić information content (AvgIpc) is 3.24. The van der Waals surface area contributed by atoms with Gasteiger partial charge >= 0.3 is 0 Å². The van der Waals surface area contributed by atoms with Crippen molar-refractivity contribution in [1.29, 1.82) is 0 Å². The van der Waals surface area contributed by atoms with Crippen LogP contribution in [0.5, 0.6) is 0 Å². The van der Waals surface area contributed by atoms with Gasteiger partial charge in [0.05, 0.1) is 22.0 Å². The molecule has 0 aliphatic heterocycles. The molecule has 4 rings (SSSR count). The minimum atomic E-state index is -0.259. The van der Waals surface area contributed by atoms with E-state index in [1.54, 1.807) is 18.2 Å². The SMILES string of the molecule is O=C(CSc1nnc(-c2ccc(Cl)cc2)n1C1CCCCC1)N/N=C\c1c(Cl)cccc1Cl. The maximum Gasteiger partial charge on any atom is 0.250 e. The van der Waals surface area contributed by atoms with Crippen molar-refractivity contribution in [3.05, 3.63) is 63.1 Å². The third-order valence-electron chi connectivity index (χ3n) is 5.42. The number of hydrazone groups is 1. The maximum atomic E-state index is 12.4. The summed E-state index contributed by atoms with van der Waals surface area (Å²) in [4.78, 5) is 12.4. The van der Waals surface area contributed by atoms with E-state index in [9.17, 15) is 4.79 Å². The third kappa shape index (κ3) is 6.09. The number of hydrogen-bond donors (Lipinski definition) is 1. The van der Waals surface area contributed by atoms with Crippen LogP contribution >= 0.6 is 46.6 Å². The average molecular weight is 523 g/mol. The number of hydrogen-bond acceptors (Lipinski definition) is 5. The molecule has 1 aromatic heterocycles. The van der Waals surface area contributed by atoms with Crippen LogP contribution in [0.15, 0.2) is 52.7 Å². The minimum absolute atomic E-state index is 0.152. The molecule has 1 amide bonds. The normalized spacial score (nSPS) is 14.6. The van der Waals surface area contributed by atoms with Gasteiger partial charge in [0.15, 0.2) is 11.0 Å². The largest absolute Gasteiger partial charge is 0.299 e. The lowest BCUT2D eigenvalue weighted by Gasteiger charge is -2.25. The highest BCUT2D eigenvalue weighted by Crippen LogP contribution is 2.35. The number of thioether (sulfide) groups is 1. The lowest BCUT2D eigenvalue weighted by Crippen LogP contribution is -2.20. The van der Waals surface area contributed by atoms with Crippen molar-refractivity contribution < 1.29 is 4.79 Å². The fourth-order valence-electron chi connectivity index (χ4n) is 3.80. The molecular weight excluding hydrogens is 501 g/mol. The van der Waals surface area contributed by atoms with E-state index in [-0.39, 0.29) is 11.7 Å². The van der Waals surface area contributed by atoms with E-state index < -0.39 is 0 Å². The van der Waals surface area contributed by atoms with Crippen molar-refractivity contribution in [3.63, 3.8) is 0 Å². The van der Waals surface area contributed by atoms with Crippen LogP contribution in [0.25, 0.3) is 11.4 Å². The van der Waals surface area contributed by atoms with Gasteiger partial charge in [0.25, 0.3) is 5.91 Å². The highest BCUT2D eigenvalue weighted by atomic mass is 35.5. The zero-order valence-electron chi connectivity index (χ0n) is 17.7. The Bertz CT molecular complexity index is 1120. The van der Waals surface area contributed by atoms with Crippen LogP contribution in [-0.4, -0.2) is 32.6 Å². The van der Waals surface area contributed by atoms with Gasteiger partial charge in [-0.25, -0.2) is 5.43 Å². The second kappa shape index (κ2) is 11.4. The summed E-state index contributed by atoms with van der Waals surface area (Å²) >= 11 is 19.6.